The Morgan fingerprint density at radius 3 is 2.39 bits per heavy atom. The number of benzene rings is 3. The number of aryl methyl sites for hydroxylation is 1. The Bertz CT molecular complexity index is 1250. The van der Waals surface area contributed by atoms with E-state index in [1.807, 2.05) is 78.2 Å². The van der Waals surface area contributed by atoms with Crippen molar-refractivity contribution in [3.05, 3.63) is 101 Å². The Hall–Kier alpha value is -3.64. The highest BCUT2D eigenvalue weighted by molar-refractivity contribution is 6.30. The lowest BCUT2D eigenvalue weighted by Gasteiger charge is -2.20. The Balaban J connectivity index is 1.51. The van der Waals surface area contributed by atoms with Crippen LogP contribution in [0.2, 0.25) is 5.02 Å². The number of carbonyl (C=O) groups excluding carboxylic acids is 2. The number of carbonyl (C=O) groups is 2. The number of nitrogens with one attached hydrogen (secondary N) is 2. The number of hydrogen-bond acceptors (Lipinski definition) is 3. The van der Waals surface area contributed by atoms with Crippen molar-refractivity contribution in [3.8, 4) is 0 Å². The molecule has 0 spiro atoms. The Morgan fingerprint density at radius 1 is 0.970 bits per heavy atom. The van der Waals surface area contributed by atoms with Crippen molar-refractivity contribution in [1.82, 2.24) is 20.2 Å². The summed E-state index contributed by atoms with van der Waals surface area (Å²) in [6, 6.07) is 23.4. The third-order valence-corrected chi connectivity index (χ3v) is 5.68. The van der Waals surface area contributed by atoms with Gasteiger partial charge in [0, 0.05) is 18.0 Å². The standard InChI is InChI=1S/C26H25ClN4O2/c1-2-23-29-21-10-6-7-11-22(21)31(23)17-24(32)30-25(19-8-4-3-5-9-19)26(33)28-16-18-12-14-20(27)15-13-18/h3-15,25H,2,16-17H2,1H3,(H,28,33)(H,30,32)/t25-/m1/s1. The summed E-state index contributed by atoms with van der Waals surface area (Å²) in [5.41, 5.74) is 3.38. The third kappa shape index (κ3) is 5.41. The number of imidazole rings is 1. The van der Waals surface area contributed by atoms with Gasteiger partial charge >= 0.3 is 0 Å². The van der Waals surface area contributed by atoms with E-state index in [4.69, 9.17) is 11.6 Å². The molecule has 4 aromatic rings. The van der Waals surface area contributed by atoms with Gasteiger partial charge in [0.05, 0.1) is 11.0 Å². The molecule has 0 bridgehead atoms. The van der Waals surface area contributed by atoms with Crippen LogP contribution in [0, 0.1) is 0 Å². The second kappa shape index (κ2) is 10.3. The zero-order valence-corrected chi connectivity index (χ0v) is 19.0. The minimum absolute atomic E-state index is 0.0808. The van der Waals surface area contributed by atoms with E-state index >= 15 is 0 Å². The first kappa shape index (κ1) is 22.6. The molecule has 168 valence electrons. The van der Waals surface area contributed by atoms with E-state index < -0.39 is 6.04 Å². The van der Waals surface area contributed by atoms with Crippen molar-refractivity contribution in [1.29, 1.82) is 0 Å². The summed E-state index contributed by atoms with van der Waals surface area (Å²) in [5, 5.41) is 6.47. The number of amides is 2. The molecule has 0 aliphatic heterocycles. The van der Waals surface area contributed by atoms with Gasteiger partial charge in [-0.15, -0.1) is 0 Å². The molecule has 1 aromatic heterocycles. The maximum absolute atomic E-state index is 13.1. The summed E-state index contributed by atoms with van der Waals surface area (Å²) in [5.74, 6) is 0.286. The topological polar surface area (TPSA) is 76.0 Å². The first-order chi connectivity index (χ1) is 16.0. The lowest BCUT2D eigenvalue weighted by Crippen LogP contribution is -2.41. The second-order valence-electron chi connectivity index (χ2n) is 7.71. The van der Waals surface area contributed by atoms with Gasteiger partial charge in [-0.3, -0.25) is 9.59 Å². The summed E-state index contributed by atoms with van der Waals surface area (Å²) in [4.78, 5) is 30.8. The number of rotatable bonds is 8. The summed E-state index contributed by atoms with van der Waals surface area (Å²) in [6.45, 7) is 2.42. The molecule has 33 heavy (non-hydrogen) atoms. The predicted octanol–water partition coefficient (Wildman–Crippen LogP) is 4.43. The Morgan fingerprint density at radius 2 is 1.67 bits per heavy atom. The molecule has 0 unspecified atom stereocenters. The van der Waals surface area contributed by atoms with Crippen LogP contribution < -0.4 is 10.6 Å². The quantitative estimate of drug-likeness (QED) is 0.408. The van der Waals surface area contributed by atoms with Gasteiger partial charge in [-0.05, 0) is 35.4 Å². The molecule has 0 aliphatic rings. The third-order valence-electron chi connectivity index (χ3n) is 5.43. The van der Waals surface area contributed by atoms with Crippen LogP contribution >= 0.6 is 11.6 Å². The fourth-order valence-corrected chi connectivity index (χ4v) is 3.89. The molecule has 0 aliphatic carbocycles. The Kier molecular flexibility index (Phi) is 7.05. The molecule has 2 N–H and O–H groups in total. The molecule has 0 fully saturated rings. The summed E-state index contributed by atoms with van der Waals surface area (Å²) in [6.07, 6.45) is 0.700. The highest BCUT2D eigenvalue weighted by Gasteiger charge is 2.23. The van der Waals surface area contributed by atoms with Gasteiger partial charge in [0.15, 0.2) is 0 Å². The molecule has 7 heteroatoms. The molecular formula is C26H25ClN4O2. The molecule has 0 radical (unpaired) electrons. The van der Waals surface area contributed by atoms with Crippen molar-refractivity contribution < 1.29 is 9.59 Å². The first-order valence-corrected chi connectivity index (χ1v) is 11.2. The highest BCUT2D eigenvalue weighted by atomic mass is 35.5. The maximum atomic E-state index is 13.1. The summed E-state index contributed by atoms with van der Waals surface area (Å²) < 4.78 is 1.90. The number of hydrogen-bond donors (Lipinski definition) is 2. The molecule has 6 nitrogen and oxygen atoms in total. The minimum Gasteiger partial charge on any atom is -0.350 e. The predicted molar refractivity (Wildman–Crippen MR) is 130 cm³/mol. The van der Waals surface area contributed by atoms with E-state index in [2.05, 4.69) is 15.6 Å². The van der Waals surface area contributed by atoms with Crippen LogP contribution in [0.15, 0.2) is 78.9 Å². The lowest BCUT2D eigenvalue weighted by molar-refractivity contribution is -0.129. The number of aromatic nitrogens is 2. The first-order valence-electron chi connectivity index (χ1n) is 10.9. The van der Waals surface area contributed by atoms with Crippen molar-refractivity contribution in [2.75, 3.05) is 0 Å². The van der Waals surface area contributed by atoms with Gasteiger partial charge in [-0.2, -0.15) is 0 Å². The Labute approximate surface area is 197 Å². The van der Waals surface area contributed by atoms with Gasteiger partial charge < -0.3 is 15.2 Å². The van der Waals surface area contributed by atoms with E-state index in [1.54, 1.807) is 12.1 Å². The van der Waals surface area contributed by atoms with Gasteiger partial charge in [0.25, 0.3) is 0 Å². The number of para-hydroxylation sites is 2. The van der Waals surface area contributed by atoms with E-state index in [0.29, 0.717) is 23.6 Å². The summed E-state index contributed by atoms with van der Waals surface area (Å²) >= 11 is 5.94. The van der Waals surface area contributed by atoms with Crippen molar-refractivity contribution >= 4 is 34.4 Å². The van der Waals surface area contributed by atoms with E-state index in [0.717, 1.165) is 22.4 Å². The smallest absolute Gasteiger partial charge is 0.247 e. The van der Waals surface area contributed by atoms with Crippen LogP contribution in [0.1, 0.15) is 29.9 Å². The molecule has 4 rings (SSSR count). The number of halogens is 1. The molecule has 0 saturated heterocycles. The SMILES string of the molecule is CCc1nc2ccccc2n1CC(=O)N[C@@H](C(=O)NCc1ccc(Cl)cc1)c1ccccc1. The zero-order valence-electron chi connectivity index (χ0n) is 18.3. The van der Waals surface area contributed by atoms with Crippen molar-refractivity contribution in [2.45, 2.75) is 32.5 Å². The molecular weight excluding hydrogens is 436 g/mol. The number of fused-ring (bicyclic) bond motifs is 1. The minimum atomic E-state index is -0.814. The van der Waals surface area contributed by atoms with Gasteiger partial charge in [-0.1, -0.05) is 73.1 Å². The maximum Gasteiger partial charge on any atom is 0.247 e. The molecule has 1 heterocycles. The zero-order chi connectivity index (χ0) is 23.2. The monoisotopic (exact) mass is 460 g/mol. The number of nitrogens with zero attached hydrogens (tertiary/aromatic N) is 2. The fraction of sp³-hybridized carbons (Fsp3) is 0.192. The molecule has 0 saturated carbocycles. The van der Waals surface area contributed by atoms with Gasteiger partial charge in [-0.25, -0.2) is 4.98 Å². The average Bonchev–Trinajstić information content (AvgIpc) is 3.20. The van der Waals surface area contributed by atoms with Crippen LogP contribution in [0.25, 0.3) is 11.0 Å². The largest absolute Gasteiger partial charge is 0.350 e. The second-order valence-corrected chi connectivity index (χ2v) is 8.15. The summed E-state index contributed by atoms with van der Waals surface area (Å²) in [7, 11) is 0. The van der Waals surface area contributed by atoms with Crippen LogP contribution in [-0.2, 0) is 29.1 Å². The highest BCUT2D eigenvalue weighted by Crippen LogP contribution is 2.18. The van der Waals surface area contributed by atoms with Crippen molar-refractivity contribution in [2.24, 2.45) is 0 Å². The van der Waals surface area contributed by atoms with Crippen LogP contribution in [-0.4, -0.2) is 21.4 Å². The fourth-order valence-electron chi connectivity index (χ4n) is 3.76. The van der Waals surface area contributed by atoms with E-state index in [9.17, 15) is 9.59 Å². The average molecular weight is 461 g/mol. The van der Waals surface area contributed by atoms with Crippen molar-refractivity contribution in [3.63, 3.8) is 0 Å². The van der Waals surface area contributed by atoms with Gasteiger partial charge in [0.2, 0.25) is 11.8 Å². The van der Waals surface area contributed by atoms with Crippen LogP contribution in [0.3, 0.4) is 0 Å². The lowest BCUT2D eigenvalue weighted by atomic mass is 10.1. The van der Waals surface area contributed by atoms with Crippen LogP contribution in [0.5, 0.6) is 0 Å². The van der Waals surface area contributed by atoms with E-state index in [-0.39, 0.29) is 18.4 Å². The molecule has 1 atom stereocenters. The van der Waals surface area contributed by atoms with E-state index in [1.165, 1.54) is 0 Å². The van der Waals surface area contributed by atoms with Gasteiger partial charge in [0.1, 0.15) is 18.4 Å². The van der Waals surface area contributed by atoms with Crippen LogP contribution in [0.4, 0.5) is 0 Å². The molecule has 3 aromatic carbocycles. The normalized spacial score (nSPS) is 11.8. The molecule has 2 amide bonds.